The van der Waals surface area contributed by atoms with Gasteiger partial charge in [0.25, 0.3) is 0 Å². The fourth-order valence-corrected chi connectivity index (χ4v) is 6.31. The second-order valence-electron chi connectivity index (χ2n) is 7.97. The van der Waals surface area contributed by atoms with E-state index < -0.39 is 0 Å². The molecule has 4 aliphatic rings. The SMILES string of the molecule is C1CC2CC[C](C2)C(C23CCCC(CCC2)C3)C1. The lowest BCUT2D eigenvalue weighted by Gasteiger charge is -2.52. The van der Waals surface area contributed by atoms with E-state index in [1.165, 1.54) is 12.8 Å². The molecule has 4 rings (SSSR count). The molecule has 0 amide bonds. The van der Waals surface area contributed by atoms with Crippen molar-refractivity contribution in [1.82, 2.24) is 0 Å². The summed E-state index contributed by atoms with van der Waals surface area (Å²) in [6.07, 6.45) is 20.3. The highest BCUT2D eigenvalue weighted by atomic mass is 14.5. The van der Waals surface area contributed by atoms with Gasteiger partial charge in [-0.2, -0.15) is 0 Å². The minimum atomic E-state index is 0.801. The number of fused-ring (bicyclic) bond motifs is 4. The minimum Gasteiger partial charge on any atom is -0.0527 e. The van der Waals surface area contributed by atoms with Crippen LogP contribution in [0.5, 0.6) is 0 Å². The fourth-order valence-electron chi connectivity index (χ4n) is 6.31. The highest BCUT2D eigenvalue weighted by molar-refractivity contribution is 5.12. The standard InChI is InChI=1S/C18H29/c1-4-14-8-9-16(12-14)17(7-1)18-10-2-5-15(13-18)6-3-11-18/h14-15,17H,1-13H2. The van der Waals surface area contributed by atoms with Crippen molar-refractivity contribution in [2.24, 2.45) is 23.2 Å². The third kappa shape index (κ3) is 1.86. The molecule has 101 valence electrons. The molecule has 4 fully saturated rings. The van der Waals surface area contributed by atoms with Crippen LogP contribution < -0.4 is 0 Å². The van der Waals surface area contributed by atoms with E-state index in [2.05, 4.69) is 0 Å². The molecular weight excluding hydrogens is 216 g/mol. The molecule has 2 atom stereocenters. The van der Waals surface area contributed by atoms with Crippen molar-refractivity contribution < 1.29 is 0 Å². The average molecular weight is 245 g/mol. The minimum absolute atomic E-state index is 0.801. The summed E-state index contributed by atoms with van der Waals surface area (Å²) in [5.41, 5.74) is 0.801. The lowest BCUT2D eigenvalue weighted by atomic mass is 9.53. The van der Waals surface area contributed by atoms with Gasteiger partial charge in [0.2, 0.25) is 0 Å². The van der Waals surface area contributed by atoms with Crippen LogP contribution in [0, 0.1) is 29.1 Å². The van der Waals surface area contributed by atoms with E-state index >= 15 is 0 Å². The molecule has 18 heavy (non-hydrogen) atoms. The molecule has 0 spiro atoms. The van der Waals surface area contributed by atoms with E-state index in [0.717, 1.165) is 23.2 Å². The summed E-state index contributed by atoms with van der Waals surface area (Å²) in [7, 11) is 0. The van der Waals surface area contributed by atoms with Crippen molar-refractivity contribution in [3.05, 3.63) is 5.92 Å². The average Bonchev–Trinajstić information content (AvgIpc) is 2.70. The summed E-state index contributed by atoms with van der Waals surface area (Å²) in [5, 5.41) is 0. The predicted molar refractivity (Wildman–Crippen MR) is 76.2 cm³/mol. The van der Waals surface area contributed by atoms with Crippen LogP contribution in [0.2, 0.25) is 0 Å². The molecule has 0 aliphatic heterocycles. The van der Waals surface area contributed by atoms with Crippen molar-refractivity contribution >= 4 is 0 Å². The van der Waals surface area contributed by atoms with Gasteiger partial charge in [0.1, 0.15) is 0 Å². The Morgan fingerprint density at radius 2 is 1.56 bits per heavy atom. The summed E-state index contributed by atoms with van der Waals surface area (Å²) in [6.45, 7) is 0. The Morgan fingerprint density at radius 1 is 0.778 bits per heavy atom. The summed E-state index contributed by atoms with van der Waals surface area (Å²) < 4.78 is 0. The maximum Gasteiger partial charge on any atom is -0.0202 e. The molecule has 0 heterocycles. The molecule has 4 saturated carbocycles. The molecule has 0 aromatic rings. The van der Waals surface area contributed by atoms with E-state index in [0.29, 0.717) is 0 Å². The quantitative estimate of drug-likeness (QED) is 0.570. The highest BCUT2D eigenvalue weighted by Crippen LogP contribution is 2.60. The third-order valence-electron chi connectivity index (χ3n) is 7.03. The summed E-state index contributed by atoms with van der Waals surface area (Å²) in [4.78, 5) is 0. The van der Waals surface area contributed by atoms with Crippen LogP contribution in [0.25, 0.3) is 0 Å². The second-order valence-corrected chi connectivity index (χ2v) is 7.97. The van der Waals surface area contributed by atoms with E-state index in [9.17, 15) is 0 Å². The lowest BCUT2D eigenvalue weighted by molar-refractivity contribution is 0.0180. The Labute approximate surface area is 113 Å². The molecule has 4 aliphatic carbocycles. The van der Waals surface area contributed by atoms with Gasteiger partial charge in [-0.1, -0.05) is 38.5 Å². The first-order valence-electron chi connectivity index (χ1n) is 8.70. The second kappa shape index (κ2) is 4.53. The topological polar surface area (TPSA) is 0 Å². The normalized spacial score (nSPS) is 49.0. The number of hydrogen-bond donors (Lipinski definition) is 0. The lowest BCUT2D eigenvalue weighted by Crippen LogP contribution is -2.41. The molecule has 1 radical (unpaired) electrons. The van der Waals surface area contributed by atoms with Gasteiger partial charge in [0.05, 0.1) is 0 Å². The van der Waals surface area contributed by atoms with Gasteiger partial charge in [0.15, 0.2) is 0 Å². The molecule has 0 N–H and O–H groups in total. The van der Waals surface area contributed by atoms with Gasteiger partial charge >= 0.3 is 0 Å². The van der Waals surface area contributed by atoms with Crippen LogP contribution in [-0.2, 0) is 0 Å². The first kappa shape index (κ1) is 11.8. The van der Waals surface area contributed by atoms with Crippen molar-refractivity contribution in [3.8, 4) is 0 Å². The van der Waals surface area contributed by atoms with Crippen molar-refractivity contribution in [2.75, 3.05) is 0 Å². The monoisotopic (exact) mass is 245 g/mol. The summed E-state index contributed by atoms with van der Waals surface area (Å²) >= 11 is 0. The van der Waals surface area contributed by atoms with Crippen molar-refractivity contribution in [3.63, 3.8) is 0 Å². The smallest absolute Gasteiger partial charge is 0.0202 e. The molecule has 0 nitrogen and oxygen atoms in total. The predicted octanol–water partition coefficient (Wildman–Crippen LogP) is 5.52. The molecule has 2 unspecified atom stereocenters. The zero-order valence-corrected chi connectivity index (χ0v) is 11.9. The molecule has 0 aromatic heterocycles. The van der Waals surface area contributed by atoms with Crippen LogP contribution in [0.15, 0.2) is 0 Å². The van der Waals surface area contributed by atoms with E-state index in [-0.39, 0.29) is 0 Å². The van der Waals surface area contributed by atoms with E-state index in [1.807, 2.05) is 5.92 Å². The highest BCUT2D eigenvalue weighted by Gasteiger charge is 2.49. The molecular formula is C18H29. The van der Waals surface area contributed by atoms with Gasteiger partial charge in [0, 0.05) is 0 Å². The first-order chi connectivity index (χ1) is 8.86. The number of hydrogen-bond acceptors (Lipinski definition) is 0. The summed E-state index contributed by atoms with van der Waals surface area (Å²) in [6, 6.07) is 0. The van der Waals surface area contributed by atoms with Crippen LogP contribution in [0.1, 0.15) is 83.5 Å². The zero-order chi connectivity index (χ0) is 12.0. The van der Waals surface area contributed by atoms with Crippen molar-refractivity contribution in [2.45, 2.75) is 83.5 Å². The Kier molecular flexibility index (Phi) is 2.97. The Bertz CT molecular complexity index is 295. The maximum atomic E-state index is 2.04. The number of rotatable bonds is 1. The zero-order valence-electron chi connectivity index (χ0n) is 11.9. The Morgan fingerprint density at radius 3 is 2.39 bits per heavy atom. The molecule has 0 saturated heterocycles. The van der Waals surface area contributed by atoms with Gasteiger partial charge in [-0.3, -0.25) is 0 Å². The van der Waals surface area contributed by atoms with Crippen LogP contribution in [0.3, 0.4) is 0 Å². The van der Waals surface area contributed by atoms with Gasteiger partial charge < -0.3 is 0 Å². The maximum absolute atomic E-state index is 2.04. The van der Waals surface area contributed by atoms with Gasteiger partial charge in [-0.05, 0) is 74.0 Å². The fraction of sp³-hybridized carbons (Fsp3) is 0.944. The summed E-state index contributed by atoms with van der Waals surface area (Å²) in [5.74, 6) is 5.33. The van der Waals surface area contributed by atoms with E-state index in [4.69, 9.17) is 0 Å². The molecule has 4 bridgehead atoms. The van der Waals surface area contributed by atoms with Crippen LogP contribution >= 0.6 is 0 Å². The van der Waals surface area contributed by atoms with Crippen LogP contribution in [0.4, 0.5) is 0 Å². The third-order valence-corrected chi connectivity index (χ3v) is 7.03. The van der Waals surface area contributed by atoms with Crippen molar-refractivity contribution in [1.29, 1.82) is 0 Å². The molecule has 0 aromatic carbocycles. The first-order valence-corrected chi connectivity index (χ1v) is 8.70. The molecule has 0 heteroatoms. The van der Waals surface area contributed by atoms with Gasteiger partial charge in [-0.15, -0.1) is 0 Å². The Balaban J connectivity index is 1.59. The largest absolute Gasteiger partial charge is 0.0527 e. The van der Waals surface area contributed by atoms with Crippen LogP contribution in [-0.4, -0.2) is 0 Å². The Hall–Kier alpha value is 0. The van der Waals surface area contributed by atoms with Gasteiger partial charge in [-0.25, -0.2) is 0 Å². The van der Waals surface area contributed by atoms with E-state index in [1.54, 1.807) is 70.6 Å².